The first kappa shape index (κ1) is 12.9. The number of hydrogen-bond donors (Lipinski definition) is 0. The molecule has 0 spiro atoms. The summed E-state index contributed by atoms with van der Waals surface area (Å²) in [6, 6.07) is 12.7. The summed E-state index contributed by atoms with van der Waals surface area (Å²) in [5, 5.41) is 4.19. The lowest BCUT2D eigenvalue weighted by Crippen LogP contribution is -2.07. The highest BCUT2D eigenvalue weighted by Crippen LogP contribution is 2.27. The standard InChI is InChI=1S/C16H21NO/c1-12(2)9-15(16-10-13(3)18-17-16)11-14-7-5-4-6-8-14/h4-8,10,12,15H,9,11H2,1-3H3/t15-/m0/s1. The molecule has 0 aliphatic heterocycles. The lowest BCUT2D eigenvalue weighted by molar-refractivity contribution is 0.377. The van der Waals surface area contributed by atoms with E-state index in [1.807, 2.05) is 6.92 Å². The minimum atomic E-state index is 0.449. The number of nitrogens with zero attached hydrogens (tertiary/aromatic N) is 1. The SMILES string of the molecule is Cc1cc([C@H](Cc2ccccc2)CC(C)C)no1. The van der Waals surface area contributed by atoms with Crippen molar-refractivity contribution in [3.05, 3.63) is 53.4 Å². The second kappa shape index (κ2) is 5.85. The molecule has 1 aromatic carbocycles. The molecule has 1 heterocycles. The Hall–Kier alpha value is -1.57. The molecule has 0 saturated carbocycles. The number of aromatic nitrogens is 1. The summed E-state index contributed by atoms with van der Waals surface area (Å²) in [6.45, 7) is 6.46. The van der Waals surface area contributed by atoms with Gasteiger partial charge < -0.3 is 4.52 Å². The largest absolute Gasteiger partial charge is 0.361 e. The molecule has 1 atom stereocenters. The Bertz CT molecular complexity index is 473. The third-order valence-corrected chi connectivity index (χ3v) is 3.15. The zero-order valence-corrected chi connectivity index (χ0v) is 11.4. The summed E-state index contributed by atoms with van der Waals surface area (Å²) in [4.78, 5) is 0. The van der Waals surface area contributed by atoms with E-state index in [1.54, 1.807) is 0 Å². The van der Waals surface area contributed by atoms with Crippen molar-refractivity contribution in [1.82, 2.24) is 5.16 Å². The Kier molecular flexibility index (Phi) is 4.19. The molecule has 2 nitrogen and oxygen atoms in total. The molecule has 0 aliphatic rings. The van der Waals surface area contributed by atoms with Crippen LogP contribution in [0.5, 0.6) is 0 Å². The van der Waals surface area contributed by atoms with Gasteiger partial charge in [0, 0.05) is 12.0 Å². The van der Waals surface area contributed by atoms with Crippen LogP contribution in [0.2, 0.25) is 0 Å². The topological polar surface area (TPSA) is 26.0 Å². The molecular weight excluding hydrogens is 222 g/mol. The lowest BCUT2D eigenvalue weighted by Gasteiger charge is -2.16. The van der Waals surface area contributed by atoms with Crippen LogP contribution in [0.15, 0.2) is 40.9 Å². The van der Waals surface area contributed by atoms with Gasteiger partial charge >= 0.3 is 0 Å². The molecule has 2 aromatic rings. The lowest BCUT2D eigenvalue weighted by atomic mass is 9.88. The summed E-state index contributed by atoms with van der Waals surface area (Å²) < 4.78 is 5.21. The molecule has 0 amide bonds. The summed E-state index contributed by atoms with van der Waals surface area (Å²) in [7, 11) is 0. The van der Waals surface area contributed by atoms with Crippen molar-refractivity contribution in [3.8, 4) is 0 Å². The van der Waals surface area contributed by atoms with Crippen molar-refractivity contribution in [2.75, 3.05) is 0 Å². The average Bonchev–Trinajstić information content (AvgIpc) is 2.76. The van der Waals surface area contributed by atoms with E-state index in [-0.39, 0.29) is 0 Å². The Morgan fingerprint density at radius 1 is 1.17 bits per heavy atom. The van der Waals surface area contributed by atoms with Gasteiger partial charge in [-0.2, -0.15) is 0 Å². The molecule has 96 valence electrons. The monoisotopic (exact) mass is 243 g/mol. The van der Waals surface area contributed by atoms with Crippen LogP contribution >= 0.6 is 0 Å². The Balaban J connectivity index is 2.15. The number of benzene rings is 1. The molecule has 0 aliphatic carbocycles. The van der Waals surface area contributed by atoms with Crippen molar-refractivity contribution >= 4 is 0 Å². The summed E-state index contributed by atoms with van der Waals surface area (Å²) >= 11 is 0. The van der Waals surface area contributed by atoms with Crippen LogP contribution in [-0.4, -0.2) is 5.16 Å². The number of rotatable bonds is 5. The van der Waals surface area contributed by atoms with Gasteiger partial charge in [-0.05, 0) is 31.2 Å². The smallest absolute Gasteiger partial charge is 0.133 e. The number of aryl methyl sites for hydroxylation is 1. The first-order chi connectivity index (χ1) is 8.65. The minimum Gasteiger partial charge on any atom is -0.361 e. The fourth-order valence-electron chi connectivity index (χ4n) is 2.35. The second-order valence-electron chi connectivity index (χ2n) is 5.38. The predicted molar refractivity (Wildman–Crippen MR) is 73.6 cm³/mol. The third-order valence-electron chi connectivity index (χ3n) is 3.15. The molecule has 0 bridgehead atoms. The Labute approximate surface area is 109 Å². The van der Waals surface area contributed by atoms with Crippen LogP contribution in [0.3, 0.4) is 0 Å². The van der Waals surface area contributed by atoms with Crippen molar-refractivity contribution < 1.29 is 4.52 Å². The molecule has 0 radical (unpaired) electrons. The zero-order chi connectivity index (χ0) is 13.0. The fourth-order valence-corrected chi connectivity index (χ4v) is 2.35. The van der Waals surface area contributed by atoms with E-state index in [0.717, 1.165) is 24.3 Å². The molecule has 0 unspecified atom stereocenters. The van der Waals surface area contributed by atoms with E-state index in [4.69, 9.17) is 4.52 Å². The van der Waals surface area contributed by atoms with Gasteiger partial charge in [-0.25, -0.2) is 0 Å². The second-order valence-corrected chi connectivity index (χ2v) is 5.38. The van der Waals surface area contributed by atoms with Gasteiger partial charge in [-0.15, -0.1) is 0 Å². The number of hydrogen-bond acceptors (Lipinski definition) is 2. The van der Waals surface area contributed by atoms with Crippen LogP contribution in [0.25, 0.3) is 0 Å². The van der Waals surface area contributed by atoms with Gasteiger partial charge in [0.25, 0.3) is 0 Å². The van der Waals surface area contributed by atoms with Gasteiger partial charge in [-0.3, -0.25) is 0 Å². The van der Waals surface area contributed by atoms with Crippen LogP contribution in [0.4, 0.5) is 0 Å². The third kappa shape index (κ3) is 3.46. The highest BCUT2D eigenvalue weighted by molar-refractivity contribution is 5.20. The van der Waals surface area contributed by atoms with Gasteiger partial charge in [0.15, 0.2) is 0 Å². The van der Waals surface area contributed by atoms with Gasteiger partial charge in [0.2, 0.25) is 0 Å². The zero-order valence-electron chi connectivity index (χ0n) is 11.4. The van der Waals surface area contributed by atoms with E-state index >= 15 is 0 Å². The molecule has 0 saturated heterocycles. The summed E-state index contributed by atoms with van der Waals surface area (Å²) in [5.74, 6) is 2.01. The summed E-state index contributed by atoms with van der Waals surface area (Å²) in [5.41, 5.74) is 2.45. The highest BCUT2D eigenvalue weighted by atomic mass is 16.5. The molecular formula is C16H21NO. The van der Waals surface area contributed by atoms with E-state index < -0.39 is 0 Å². The van der Waals surface area contributed by atoms with Crippen LogP contribution < -0.4 is 0 Å². The predicted octanol–water partition coefficient (Wildman–Crippen LogP) is 4.36. The molecule has 0 N–H and O–H groups in total. The Morgan fingerprint density at radius 3 is 2.44 bits per heavy atom. The van der Waals surface area contributed by atoms with Crippen LogP contribution in [0, 0.1) is 12.8 Å². The van der Waals surface area contributed by atoms with Crippen molar-refractivity contribution in [2.45, 2.75) is 39.5 Å². The van der Waals surface area contributed by atoms with Crippen LogP contribution in [-0.2, 0) is 6.42 Å². The van der Waals surface area contributed by atoms with Gasteiger partial charge in [0.1, 0.15) is 5.76 Å². The maximum atomic E-state index is 5.21. The maximum Gasteiger partial charge on any atom is 0.133 e. The quantitative estimate of drug-likeness (QED) is 0.780. The van der Waals surface area contributed by atoms with E-state index in [1.165, 1.54) is 5.56 Å². The Morgan fingerprint density at radius 2 is 1.89 bits per heavy atom. The van der Waals surface area contributed by atoms with E-state index in [9.17, 15) is 0 Å². The van der Waals surface area contributed by atoms with E-state index in [2.05, 4.69) is 55.4 Å². The highest BCUT2D eigenvalue weighted by Gasteiger charge is 2.17. The van der Waals surface area contributed by atoms with Crippen LogP contribution in [0.1, 0.15) is 43.2 Å². The first-order valence-corrected chi connectivity index (χ1v) is 6.62. The normalized spacial score (nSPS) is 12.9. The molecule has 2 heteroatoms. The van der Waals surface area contributed by atoms with Crippen molar-refractivity contribution in [1.29, 1.82) is 0 Å². The van der Waals surface area contributed by atoms with E-state index in [0.29, 0.717) is 11.8 Å². The minimum absolute atomic E-state index is 0.449. The molecule has 18 heavy (non-hydrogen) atoms. The van der Waals surface area contributed by atoms with Gasteiger partial charge in [0.05, 0.1) is 5.69 Å². The van der Waals surface area contributed by atoms with Crippen molar-refractivity contribution in [2.24, 2.45) is 5.92 Å². The van der Waals surface area contributed by atoms with Crippen molar-refractivity contribution in [3.63, 3.8) is 0 Å². The molecule has 0 fully saturated rings. The summed E-state index contributed by atoms with van der Waals surface area (Å²) in [6.07, 6.45) is 2.17. The molecule has 1 aromatic heterocycles. The first-order valence-electron chi connectivity index (χ1n) is 6.62. The fraction of sp³-hybridized carbons (Fsp3) is 0.438. The molecule has 2 rings (SSSR count). The maximum absolute atomic E-state index is 5.21. The average molecular weight is 243 g/mol. The van der Waals surface area contributed by atoms with Gasteiger partial charge in [-0.1, -0.05) is 49.3 Å².